The topological polar surface area (TPSA) is 57.6 Å². The maximum Gasteiger partial charge on any atom is 0.308 e. The average molecular weight is 373 g/mol. The van der Waals surface area contributed by atoms with E-state index >= 15 is 0 Å². The molecular weight excluding hydrogens is 357 g/mol. The number of nitrogens with zero attached hydrogens (tertiary/aromatic N) is 1. The average Bonchev–Trinajstić information content (AvgIpc) is 2.75. The van der Waals surface area contributed by atoms with Crippen LogP contribution in [0.25, 0.3) is 0 Å². The highest BCUT2D eigenvalue weighted by molar-refractivity contribution is 14.1. The Morgan fingerprint density at radius 3 is 2.74 bits per heavy atom. The third-order valence-electron chi connectivity index (χ3n) is 3.48. The van der Waals surface area contributed by atoms with Gasteiger partial charge in [-0.15, -0.1) is 0 Å². The number of aliphatic carboxylic acids is 1. The Kier molecular flexibility index (Phi) is 4.13. The van der Waals surface area contributed by atoms with Crippen LogP contribution in [0.2, 0.25) is 0 Å². The van der Waals surface area contributed by atoms with Gasteiger partial charge in [-0.05, 0) is 59.2 Å². The van der Waals surface area contributed by atoms with Gasteiger partial charge in [0.05, 0.1) is 5.92 Å². The molecule has 1 aliphatic heterocycles. The van der Waals surface area contributed by atoms with Crippen molar-refractivity contribution in [2.24, 2.45) is 5.92 Å². The lowest BCUT2D eigenvalue weighted by atomic mass is 10.1. The maximum absolute atomic E-state index is 11.9. The molecule has 0 radical (unpaired) electrons. The van der Waals surface area contributed by atoms with E-state index < -0.39 is 11.9 Å². The fourth-order valence-electron chi connectivity index (χ4n) is 2.36. The van der Waals surface area contributed by atoms with Crippen LogP contribution in [0.3, 0.4) is 0 Å². The lowest BCUT2D eigenvalue weighted by Gasteiger charge is -2.19. The number of carbonyl (C=O) groups excluding carboxylic acids is 1. The Bertz CT molecular complexity index is 542. The molecule has 2 rings (SSSR count). The molecule has 102 valence electrons. The first-order valence-electron chi connectivity index (χ1n) is 6.26. The maximum atomic E-state index is 11.9. The number of carbonyl (C=O) groups is 2. The summed E-state index contributed by atoms with van der Waals surface area (Å²) in [5.41, 5.74) is 3.15. The second-order valence-electron chi connectivity index (χ2n) is 4.83. The van der Waals surface area contributed by atoms with E-state index in [1.54, 1.807) is 4.90 Å². The molecule has 1 aliphatic rings. The normalized spacial score (nSPS) is 19.0. The number of aryl methyl sites for hydroxylation is 2. The highest BCUT2D eigenvalue weighted by Crippen LogP contribution is 2.30. The zero-order valence-corrected chi connectivity index (χ0v) is 13.1. The van der Waals surface area contributed by atoms with E-state index in [0.29, 0.717) is 0 Å². The molecule has 1 aromatic rings. The van der Waals surface area contributed by atoms with E-state index in [-0.39, 0.29) is 18.9 Å². The summed E-state index contributed by atoms with van der Waals surface area (Å²) < 4.78 is 1.21. The molecule has 1 fully saturated rings. The molecule has 19 heavy (non-hydrogen) atoms. The first-order chi connectivity index (χ1) is 8.93. The summed E-state index contributed by atoms with van der Waals surface area (Å²) in [6.07, 6.45) is 0.999. The van der Waals surface area contributed by atoms with Crippen LogP contribution in [0.1, 0.15) is 24.5 Å². The molecule has 0 saturated carbocycles. The number of hydrogen-bond acceptors (Lipinski definition) is 2. The molecule has 4 nitrogen and oxygen atoms in total. The number of carboxylic acid groups (broad SMARTS) is 1. The van der Waals surface area contributed by atoms with Gasteiger partial charge in [0.15, 0.2) is 0 Å². The van der Waals surface area contributed by atoms with Crippen LogP contribution in [0, 0.1) is 16.4 Å². The van der Waals surface area contributed by atoms with E-state index in [1.807, 2.05) is 19.1 Å². The van der Waals surface area contributed by atoms with Crippen LogP contribution in [0.4, 0.5) is 5.69 Å². The highest BCUT2D eigenvalue weighted by Gasteiger charge is 2.35. The van der Waals surface area contributed by atoms with Crippen molar-refractivity contribution in [3.05, 3.63) is 26.8 Å². The molecule has 1 unspecified atom stereocenters. The third kappa shape index (κ3) is 2.75. The Morgan fingerprint density at radius 1 is 1.53 bits per heavy atom. The first kappa shape index (κ1) is 14.3. The van der Waals surface area contributed by atoms with Crippen LogP contribution in [-0.4, -0.2) is 23.5 Å². The quantitative estimate of drug-likeness (QED) is 0.829. The summed E-state index contributed by atoms with van der Waals surface area (Å²) in [4.78, 5) is 24.5. The van der Waals surface area contributed by atoms with Gasteiger partial charge in [0.25, 0.3) is 0 Å². The monoisotopic (exact) mass is 373 g/mol. The minimum atomic E-state index is -0.895. The molecule has 5 heteroatoms. The molecule has 1 heterocycles. The van der Waals surface area contributed by atoms with Crippen LogP contribution in [-0.2, 0) is 16.0 Å². The van der Waals surface area contributed by atoms with Gasteiger partial charge >= 0.3 is 5.97 Å². The Hall–Kier alpha value is -1.11. The number of benzene rings is 1. The zero-order chi connectivity index (χ0) is 14.2. The van der Waals surface area contributed by atoms with Crippen molar-refractivity contribution in [2.45, 2.75) is 26.7 Å². The molecule has 0 bridgehead atoms. The largest absolute Gasteiger partial charge is 0.481 e. The van der Waals surface area contributed by atoms with Crippen LogP contribution < -0.4 is 4.90 Å². The van der Waals surface area contributed by atoms with Gasteiger partial charge in [0.2, 0.25) is 5.91 Å². The Labute approximate surface area is 125 Å². The molecule has 0 aromatic heterocycles. The summed E-state index contributed by atoms with van der Waals surface area (Å²) in [6, 6.07) is 3.96. The lowest BCUT2D eigenvalue weighted by Crippen LogP contribution is -2.26. The summed E-state index contributed by atoms with van der Waals surface area (Å²) in [5, 5.41) is 9.02. The number of hydrogen-bond donors (Lipinski definition) is 1. The van der Waals surface area contributed by atoms with Crippen molar-refractivity contribution >= 4 is 40.2 Å². The van der Waals surface area contributed by atoms with Crippen molar-refractivity contribution in [1.29, 1.82) is 0 Å². The van der Waals surface area contributed by atoms with E-state index in [2.05, 4.69) is 29.5 Å². The summed E-state index contributed by atoms with van der Waals surface area (Å²) in [7, 11) is 0. The summed E-state index contributed by atoms with van der Waals surface area (Å²) >= 11 is 2.31. The van der Waals surface area contributed by atoms with Gasteiger partial charge < -0.3 is 10.0 Å². The molecule has 1 saturated heterocycles. The van der Waals surface area contributed by atoms with Gasteiger partial charge in [-0.3, -0.25) is 9.59 Å². The second-order valence-corrected chi connectivity index (χ2v) is 5.91. The fraction of sp³-hybridized carbons (Fsp3) is 0.429. The molecule has 0 spiro atoms. The van der Waals surface area contributed by atoms with Crippen LogP contribution >= 0.6 is 22.6 Å². The van der Waals surface area contributed by atoms with Gasteiger partial charge in [-0.2, -0.15) is 0 Å². The third-order valence-corrected chi connectivity index (χ3v) is 5.03. The number of halogens is 1. The number of amides is 1. The SMILES string of the molecule is CCc1cc(N2CC(C(=O)O)CC2=O)cc(C)c1I. The van der Waals surface area contributed by atoms with Crippen molar-refractivity contribution < 1.29 is 14.7 Å². The minimum absolute atomic E-state index is 0.0990. The van der Waals surface area contributed by atoms with Crippen molar-refractivity contribution in [2.75, 3.05) is 11.4 Å². The lowest BCUT2D eigenvalue weighted by molar-refractivity contribution is -0.141. The molecule has 1 amide bonds. The second kappa shape index (κ2) is 5.48. The Morgan fingerprint density at radius 2 is 2.21 bits per heavy atom. The standard InChI is InChI=1S/C14H16INO3/c1-3-9-5-11(4-8(2)13(9)15)16-7-10(14(18)19)6-12(16)17/h4-5,10H,3,6-7H2,1-2H3,(H,18,19). The zero-order valence-electron chi connectivity index (χ0n) is 10.9. The molecule has 0 aliphatic carbocycles. The van der Waals surface area contributed by atoms with Crippen molar-refractivity contribution in [3.8, 4) is 0 Å². The number of anilines is 1. The molecular formula is C14H16INO3. The van der Waals surface area contributed by atoms with Gasteiger partial charge in [-0.1, -0.05) is 6.92 Å². The summed E-state index contributed by atoms with van der Waals surface area (Å²) in [6.45, 7) is 4.36. The smallest absolute Gasteiger partial charge is 0.308 e. The van der Waals surface area contributed by atoms with E-state index in [1.165, 1.54) is 9.13 Å². The predicted octanol–water partition coefficient (Wildman–Crippen LogP) is 2.60. The summed E-state index contributed by atoms with van der Waals surface area (Å²) in [5.74, 6) is -1.58. The molecule has 1 N–H and O–H groups in total. The highest BCUT2D eigenvalue weighted by atomic mass is 127. The van der Waals surface area contributed by atoms with Gasteiger partial charge in [0, 0.05) is 22.2 Å². The number of carboxylic acids is 1. The van der Waals surface area contributed by atoms with E-state index in [9.17, 15) is 9.59 Å². The molecule has 1 aromatic carbocycles. The Balaban J connectivity index is 2.35. The van der Waals surface area contributed by atoms with Crippen LogP contribution in [0.5, 0.6) is 0 Å². The first-order valence-corrected chi connectivity index (χ1v) is 7.34. The fourth-order valence-corrected chi connectivity index (χ4v) is 3.05. The van der Waals surface area contributed by atoms with Crippen molar-refractivity contribution in [1.82, 2.24) is 0 Å². The van der Waals surface area contributed by atoms with Gasteiger partial charge in [0.1, 0.15) is 0 Å². The predicted molar refractivity (Wildman–Crippen MR) is 81.4 cm³/mol. The molecule has 1 atom stereocenters. The van der Waals surface area contributed by atoms with Crippen molar-refractivity contribution in [3.63, 3.8) is 0 Å². The van der Waals surface area contributed by atoms with Gasteiger partial charge in [-0.25, -0.2) is 0 Å². The van der Waals surface area contributed by atoms with E-state index in [0.717, 1.165) is 17.7 Å². The minimum Gasteiger partial charge on any atom is -0.481 e. The van der Waals surface area contributed by atoms with Crippen LogP contribution in [0.15, 0.2) is 12.1 Å². The number of rotatable bonds is 3. The van der Waals surface area contributed by atoms with E-state index in [4.69, 9.17) is 5.11 Å².